The van der Waals surface area contributed by atoms with Crippen molar-refractivity contribution in [1.29, 1.82) is 0 Å². The molecule has 1 heterocycles. The van der Waals surface area contributed by atoms with Crippen LogP contribution in [-0.4, -0.2) is 42.9 Å². The van der Waals surface area contributed by atoms with E-state index in [1.807, 2.05) is 0 Å². The maximum absolute atomic E-state index is 13.3. The van der Waals surface area contributed by atoms with Crippen LogP contribution in [0.5, 0.6) is 5.75 Å². The summed E-state index contributed by atoms with van der Waals surface area (Å²) in [6.45, 7) is 1.94. The van der Waals surface area contributed by atoms with Crippen molar-refractivity contribution in [2.45, 2.75) is 38.5 Å². The summed E-state index contributed by atoms with van der Waals surface area (Å²) in [5.41, 5.74) is 0.695. The van der Waals surface area contributed by atoms with Gasteiger partial charge in [0.15, 0.2) is 15.9 Å². The van der Waals surface area contributed by atoms with Crippen molar-refractivity contribution in [3.8, 4) is 5.75 Å². The lowest BCUT2D eigenvalue weighted by Crippen LogP contribution is -2.47. The first-order valence-corrected chi connectivity index (χ1v) is 11.3. The molecule has 0 aliphatic carbocycles. The summed E-state index contributed by atoms with van der Waals surface area (Å²) in [7, 11) is -3.21. The number of hydrogen-bond donors (Lipinski definition) is 0. The molecule has 1 aliphatic rings. The Bertz CT molecular complexity index is 946. The van der Waals surface area contributed by atoms with Crippen molar-refractivity contribution in [3.63, 3.8) is 0 Å². The monoisotopic (exact) mass is 423 g/mol. The fourth-order valence-corrected chi connectivity index (χ4v) is 5.10. The fraction of sp³-hybridized carbons (Fsp3) is 0.381. The van der Waals surface area contributed by atoms with E-state index in [1.165, 1.54) is 41.3 Å². The summed E-state index contributed by atoms with van der Waals surface area (Å²) in [5.74, 6) is -0.865. The highest BCUT2D eigenvalue weighted by molar-refractivity contribution is 7.91. The van der Waals surface area contributed by atoms with Crippen molar-refractivity contribution in [2.75, 3.05) is 11.5 Å². The Morgan fingerprint density at radius 2 is 1.69 bits per heavy atom. The zero-order valence-electron chi connectivity index (χ0n) is 16.1. The number of hydrogen-bond acceptors (Lipinski definition) is 4. The molecule has 29 heavy (non-hydrogen) atoms. The molecule has 1 saturated heterocycles. The number of nitrogens with zero attached hydrogens (tertiary/aromatic N) is 1. The summed E-state index contributed by atoms with van der Waals surface area (Å²) in [4.78, 5) is 14.8. The smallest absolute Gasteiger partial charge is 0.264 e. The number of benzene rings is 2. The normalized spacial score (nSPS) is 18.9. The molecule has 1 fully saturated rings. The number of halogens is 2. The minimum absolute atomic E-state index is 0.0282. The van der Waals surface area contributed by atoms with Crippen LogP contribution in [0.4, 0.5) is 8.78 Å². The van der Waals surface area contributed by atoms with E-state index in [4.69, 9.17) is 4.74 Å². The van der Waals surface area contributed by atoms with E-state index in [9.17, 15) is 22.0 Å². The van der Waals surface area contributed by atoms with Gasteiger partial charge in [-0.3, -0.25) is 4.79 Å². The lowest BCUT2D eigenvalue weighted by molar-refractivity contribution is -0.141. The van der Waals surface area contributed by atoms with Crippen LogP contribution in [0.2, 0.25) is 0 Å². The van der Waals surface area contributed by atoms with Gasteiger partial charge in [0.1, 0.15) is 17.4 Å². The first-order chi connectivity index (χ1) is 13.8. The predicted octanol–water partition coefficient (Wildman–Crippen LogP) is 3.34. The highest BCUT2D eigenvalue weighted by Crippen LogP contribution is 2.23. The van der Waals surface area contributed by atoms with Gasteiger partial charge in [0.2, 0.25) is 0 Å². The van der Waals surface area contributed by atoms with E-state index in [0.717, 1.165) is 0 Å². The van der Waals surface area contributed by atoms with E-state index >= 15 is 0 Å². The molecule has 2 aromatic rings. The van der Waals surface area contributed by atoms with E-state index < -0.39 is 27.8 Å². The third kappa shape index (κ3) is 5.53. The minimum atomic E-state index is -3.21. The van der Waals surface area contributed by atoms with Crippen molar-refractivity contribution >= 4 is 15.7 Å². The molecule has 0 spiro atoms. The van der Waals surface area contributed by atoms with Gasteiger partial charge in [-0.2, -0.15) is 0 Å². The van der Waals surface area contributed by atoms with Gasteiger partial charge in [-0.1, -0.05) is 19.1 Å². The average molecular weight is 423 g/mol. The van der Waals surface area contributed by atoms with Gasteiger partial charge < -0.3 is 9.64 Å². The lowest BCUT2D eigenvalue weighted by Gasteiger charge is -2.31. The zero-order valence-corrected chi connectivity index (χ0v) is 16.9. The first-order valence-electron chi connectivity index (χ1n) is 9.45. The largest absolute Gasteiger partial charge is 0.481 e. The molecule has 0 N–H and O–H groups in total. The number of sulfone groups is 1. The Labute approximate surface area is 169 Å². The van der Waals surface area contributed by atoms with Crippen LogP contribution in [0, 0.1) is 11.6 Å². The summed E-state index contributed by atoms with van der Waals surface area (Å²) in [6.07, 6.45) is -0.137. The van der Waals surface area contributed by atoms with Crippen molar-refractivity contribution in [2.24, 2.45) is 0 Å². The van der Waals surface area contributed by atoms with Gasteiger partial charge in [0, 0.05) is 12.6 Å². The van der Waals surface area contributed by atoms with Gasteiger partial charge in [-0.15, -0.1) is 0 Å². The molecule has 156 valence electrons. The Balaban J connectivity index is 1.83. The molecule has 2 atom stereocenters. The molecule has 5 nitrogen and oxygen atoms in total. The van der Waals surface area contributed by atoms with Crippen LogP contribution in [-0.2, 0) is 21.2 Å². The number of carbonyl (C=O) groups excluding carboxylic acids is 1. The number of amides is 1. The van der Waals surface area contributed by atoms with Crippen LogP contribution in [0.15, 0.2) is 48.5 Å². The second-order valence-corrected chi connectivity index (χ2v) is 9.35. The predicted molar refractivity (Wildman–Crippen MR) is 105 cm³/mol. The van der Waals surface area contributed by atoms with Gasteiger partial charge in [-0.05, 0) is 54.8 Å². The maximum atomic E-state index is 13.3. The number of carbonyl (C=O) groups is 1. The van der Waals surface area contributed by atoms with Gasteiger partial charge in [0.05, 0.1) is 11.5 Å². The van der Waals surface area contributed by atoms with Crippen molar-refractivity contribution in [1.82, 2.24) is 4.90 Å². The highest BCUT2D eigenvalue weighted by atomic mass is 32.2. The van der Waals surface area contributed by atoms with Crippen LogP contribution < -0.4 is 4.74 Å². The quantitative estimate of drug-likeness (QED) is 0.685. The van der Waals surface area contributed by atoms with Gasteiger partial charge >= 0.3 is 0 Å². The Morgan fingerprint density at radius 1 is 1.10 bits per heavy atom. The maximum Gasteiger partial charge on any atom is 0.264 e. The molecule has 0 radical (unpaired) electrons. The van der Waals surface area contributed by atoms with E-state index in [2.05, 4.69) is 0 Å². The molecule has 1 amide bonds. The van der Waals surface area contributed by atoms with E-state index in [-0.39, 0.29) is 29.8 Å². The Morgan fingerprint density at radius 3 is 2.21 bits per heavy atom. The van der Waals surface area contributed by atoms with Crippen LogP contribution in [0.1, 0.15) is 25.3 Å². The third-order valence-corrected chi connectivity index (χ3v) is 6.69. The zero-order chi connectivity index (χ0) is 21.0. The topological polar surface area (TPSA) is 63.7 Å². The molecule has 0 aromatic heterocycles. The minimum Gasteiger partial charge on any atom is -0.481 e. The van der Waals surface area contributed by atoms with E-state index in [0.29, 0.717) is 24.2 Å². The first kappa shape index (κ1) is 21.2. The standard InChI is InChI=1S/C21H23F2NO4S/c1-2-20(28-19-9-7-17(23)8-10-19)21(25)24(18-11-12-29(26,27)14-18)13-15-3-5-16(22)6-4-15/h3-10,18,20H,2,11-14H2,1H3. The summed E-state index contributed by atoms with van der Waals surface area (Å²) >= 11 is 0. The average Bonchev–Trinajstić information content (AvgIpc) is 3.06. The molecule has 8 heteroatoms. The number of rotatable bonds is 7. The van der Waals surface area contributed by atoms with Crippen LogP contribution >= 0.6 is 0 Å². The number of ether oxygens (including phenoxy) is 1. The van der Waals surface area contributed by atoms with Gasteiger partial charge in [-0.25, -0.2) is 17.2 Å². The molecule has 2 unspecified atom stereocenters. The third-order valence-electron chi connectivity index (χ3n) is 4.94. The molecule has 2 aromatic carbocycles. The molecule has 3 rings (SSSR count). The summed E-state index contributed by atoms with van der Waals surface area (Å²) in [5, 5.41) is 0. The molecule has 0 bridgehead atoms. The lowest BCUT2D eigenvalue weighted by atomic mass is 10.1. The molecule has 1 aliphatic heterocycles. The molecular formula is C21H23F2NO4S. The highest BCUT2D eigenvalue weighted by Gasteiger charge is 2.37. The van der Waals surface area contributed by atoms with Crippen LogP contribution in [0.3, 0.4) is 0 Å². The summed E-state index contributed by atoms with van der Waals surface area (Å²) in [6, 6.07) is 10.6. The fourth-order valence-electron chi connectivity index (χ4n) is 3.37. The van der Waals surface area contributed by atoms with E-state index in [1.54, 1.807) is 19.1 Å². The summed E-state index contributed by atoms with van der Waals surface area (Å²) < 4.78 is 56.1. The second-order valence-electron chi connectivity index (χ2n) is 7.12. The Hall–Kier alpha value is -2.48. The van der Waals surface area contributed by atoms with Gasteiger partial charge in [0.25, 0.3) is 5.91 Å². The Kier molecular flexibility index (Phi) is 6.52. The SMILES string of the molecule is CCC(Oc1ccc(F)cc1)C(=O)N(Cc1ccc(F)cc1)C1CCS(=O)(=O)C1. The molecular weight excluding hydrogens is 400 g/mol. The molecule has 0 saturated carbocycles. The van der Waals surface area contributed by atoms with Crippen molar-refractivity contribution < 1.29 is 26.7 Å². The van der Waals surface area contributed by atoms with Crippen LogP contribution in [0.25, 0.3) is 0 Å². The second kappa shape index (κ2) is 8.90. The van der Waals surface area contributed by atoms with Crippen molar-refractivity contribution in [3.05, 3.63) is 65.7 Å².